The van der Waals surface area contributed by atoms with Gasteiger partial charge in [0.15, 0.2) is 0 Å². The molecule has 0 bridgehead atoms. The Morgan fingerprint density at radius 1 is 0.408 bits per heavy atom. The molecule has 0 amide bonds. The molecule has 1 radical (unpaired) electrons. The maximum absolute atomic E-state index is 4.48. The second-order valence-electron chi connectivity index (χ2n) is 13.9. The fourth-order valence-electron chi connectivity index (χ4n) is 5.73. The van der Waals surface area contributed by atoms with E-state index in [1.165, 1.54) is 44.5 Å². The molecule has 0 aliphatic heterocycles. The van der Waals surface area contributed by atoms with Crippen molar-refractivity contribution in [2.45, 2.75) is 79.1 Å². The van der Waals surface area contributed by atoms with Crippen LogP contribution in [0.25, 0.3) is 44.8 Å². The summed E-state index contributed by atoms with van der Waals surface area (Å²) in [6, 6.07) is 44.3. The van der Waals surface area contributed by atoms with Gasteiger partial charge in [0.05, 0.1) is 5.69 Å². The summed E-state index contributed by atoms with van der Waals surface area (Å²) < 4.78 is 0. The van der Waals surface area contributed by atoms with Crippen molar-refractivity contribution in [3.05, 3.63) is 156 Å². The van der Waals surface area contributed by atoms with E-state index >= 15 is 0 Å². The van der Waals surface area contributed by atoms with E-state index in [1.54, 1.807) is 0 Å². The summed E-state index contributed by atoms with van der Waals surface area (Å²) in [5.41, 5.74) is 14.8. The molecule has 0 N–H and O–H groups in total. The molecule has 0 saturated carbocycles. The van der Waals surface area contributed by atoms with Crippen molar-refractivity contribution in [1.82, 2.24) is 9.97 Å². The molecule has 0 fully saturated rings. The van der Waals surface area contributed by atoms with Gasteiger partial charge in [-0.25, -0.2) is 0 Å². The molecule has 6 aromatic rings. The van der Waals surface area contributed by atoms with Gasteiger partial charge < -0.3 is 4.98 Å². The first kappa shape index (κ1) is 37.6. The average Bonchev–Trinajstić information content (AvgIpc) is 3.12. The zero-order valence-electron chi connectivity index (χ0n) is 30.2. The fourth-order valence-corrected chi connectivity index (χ4v) is 5.73. The van der Waals surface area contributed by atoms with Crippen LogP contribution < -0.4 is 0 Å². The number of pyridine rings is 2. The molecular formula is C46H49IrN2-. The van der Waals surface area contributed by atoms with Crippen molar-refractivity contribution in [3.63, 3.8) is 0 Å². The van der Waals surface area contributed by atoms with Crippen LogP contribution in [0.4, 0.5) is 0 Å². The second-order valence-corrected chi connectivity index (χ2v) is 13.9. The van der Waals surface area contributed by atoms with Gasteiger partial charge in [0, 0.05) is 38.1 Å². The van der Waals surface area contributed by atoms with E-state index in [0.717, 1.165) is 22.5 Å². The Bertz CT molecular complexity index is 1730. The van der Waals surface area contributed by atoms with Gasteiger partial charge in [0.1, 0.15) is 0 Å². The van der Waals surface area contributed by atoms with Crippen LogP contribution in [0.2, 0.25) is 0 Å². The van der Waals surface area contributed by atoms with Gasteiger partial charge in [-0.1, -0.05) is 128 Å². The van der Waals surface area contributed by atoms with Gasteiger partial charge in [0.2, 0.25) is 0 Å². The van der Waals surface area contributed by atoms with Crippen molar-refractivity contribution in [2.75, 3.05) is 0 Å². The maximum Gasteiger partial charge on any atom is 0.0702 e. The van der Waals surface area contributed by atoms with Gasteiger partial charge >= 0.3 is 0 Å². The van der Waals surface area contributed by atoms with Crippen molar-refractivity contribution in [2.24, 2.45) is 0 Å². The van der Waals surface area contributed by atoms with E-state index in [4.69, 9.17) is 0 Å². The standard InChI is InChI=1S/C23H25N.C23H24N.Ir/c2*1-16(2)20-13-21(17(3)4)15-22(14-20)18-8-7-9-19(12-18)23-10-5-6-11-24-23;/h5-17H,1-4H3;5-8,10-17H,1-4H3;/q;-1;. The summed E-state index contributed by atoms with van der Waals surface area (Å²) in [6.45, 7) is 18.0. The molecule has 0 unspecified atom stereocenters. The third-order valence-corrected chi connectivity index (χ3v) is 8.85. The van der Waals surface area contributed by atoms with E-state index in [-0.39, 0.29) is 20.1 Å². The number of hydrogen-bond acceptors (Lipinski definition) is 2. The molecule has 2 heterocycles. The molecule has 3 heteroatoms. The van der Waals surface area contributed by atoms with Crippen LogP contribution in [0.1, 0.15) is 101 Å². The largest absolute Gasteiger partial charge is 0.305 e. The Labute approximate surface area is 308 Å². The van der Waals surface area contributed by atoms with Crippen LogP contribution in [-0.4, -0.2) is 9.97 Å². The SMILES string of the molecule is CC(C)c1cc(-c2cc[c-]c(-c3ccccn3)c2)cc(C(C)C)c1.CC(C)c1cc(-c2cccc(-c3ccccn3)c2)cc(C(C)C)c1.[Ir]. The van der Waals surface area contributed by atoms with Crippen molar-refractivity contribution < 1.29 is 20.1 Å². The average molecular weight is 822 g/mol. The molecule has 2 aromatic heterocycles. The molecule has 253 valence electrons. The number of rotatable bonds is 8. The van der Waals surface area contributed by atoms with Gasteiger partial charge in [-0.05, 0) is 92.6 Å². The van der Waals surface area contributed by atoms with Crippen molar-refractivity contribution in [3.8, 4) is 44.8 Å². The van der Waals surface area contributed by atoms with Crippen LogP contribution in [0.5, 0.6) is 0 Å². The summed E-state index contributed by atoms with van der Waals surface area (Å²) >= 11 is 0. The third-order valence-electron chi connectivity index (χ3n) is 8.85. The smallest absolute Gasteiger partial charge is 0.0702 e. The number of nitrogens with zero attached hydrogens (tertiary/aromatic N) is 2. The quantitative estimate of drug-likeness (QED) is 0.143. The summed E-state index contributed by atoms with van der Waals surface area (Å²) in [4.78, 5) is 8.92. The van der Waals surface area contributed by atoms with Crippen LogP contribution in [0.3, 0.4) is 0 Å². The van der Waals surface area contributed by atoms with Crippen LogP contribution in [-0.2, 0) is 20.1 Å². The Kier molecular flexibility index (Phi) is 13.4. The Morgan fingerprint density at radius 2 is 0.857 bits per heavy atom. The van der Waals surface area contributed by atoms with Gasteiger partial charge in [0.25, 0.3) is 0 Å². The molecule has 49 heavy (non-hydrogen) atoms. The first-order chi connectivity index (χ1) is 23.1. The predicted octanol–water partition coefficient (Wildman–Crippen LogP) is 13.1. The molecule has 0 aliphatic rings. The van der Waals surface area contributed by atoms with Crippen molar-refractivity contribution >= 4 is 0 Å². The Morgan fingerprint density at radius 3 is 1.31 bits per heavy atom. The van der Waals surface area contributed by atoms with E-state index in [0.29, 0.717) is 23.7 Å². The van der Waals surface area contributed by atoms with Crippen LogP contribution in [0, 0.1) is 6.07 Å². The number of aromatic nitrogens is 2. The minimum atomic E-state index is 0. The predicted molar refractivity (Wildman–Crippen MR) is 205 cm³/mol. The summed E-state index contributed by atoms with van der Waals surface area (Å²) in [5, 5.41) is 0. The fraction of sp³-hybridized carbons (Fsp3) is 0.261. The van der Waals surface area contributed by atoms with Crippen molar-refractivity contribution in [1.29, 1.82) is 0 Å². The normalized spacial score (nSPS) is 11.0. The van der Waals surface area contributed by atoms with E-state index < -0.39 is 0 Å². The van der Waals surface area contributed by atoms with Crippen LogP contribution in [0.15, 0.2) is 128 Å². The van der Waals surface area contributed by atoms with Crippen LogP contribution >= 0.6 is 0 Å². The van der Waals surface area contributed by atoms with E-state index in [1.807, 2.05) is 48.8 Å². The number of benzene rings is 4. The van der Waals surface area contributed by atoms with Gasteiger partial charge in [-0.3, -0.25) is 4.98 Å². The first-order valence-electron chi connectivity index (χ1n) is 17.3. The Balaban J connectivity index is 0.000000216. The Hall–Kier alpha value is -4.17. The molecule has 0 spiro atoms. The molecule has 0 aliphatic carbocycles. The molecular weight excluding hydrogens is 773 g/mol. The van der Waals surface area contributed by atoms with E-state index in [9.17, 15) is 0 Å². The van der Waals surface area contributed by atoms with E-state index in [2.05, 4.69) is 150 Å². The summed E-state index contributed by atoms with van der Waals surface area (Å²) in [5.74, 6) is 2.10. The third kappa shape index (κ3) is 9.94. The van der Waals surface area contributed by atoms with Gasteiger partial charge in [-0.15, -0.1) is 35.4 Å². The zero-order chi connectivity index (χ0) is 34.2. The second kappa shape index (κ2) is 17.5. The molecule has 4 aromatic carbocycles. The minimum absolute atomic E-state index is 0. The zero-order valence-corrected chi connectivity index (χ0v) is 32.6. The molecule has 2 nitrogen and oxygen atoms in total. The molecule has 6 rings (SSSR count). The molecule has 0 saturated heterocycles. The monoisotopic (exact) mass is 822 g/mol. The minimum Gasteiger partial charge on any atom is -0.305 e. The topological polar surface area (TPSA) is 25.8 Å². The maximum atomic E-state index is 4.48. The number of hydrogen-bond donors (Lipinski definition) is 0. The summed E-state index contributed by atoms with van der Waals surface area (Å²) in [6.07, 6.45) is 3.67. The summed E-state index contributed by atoms with van der Waals surface area (Å²) in [7, 11) is 0. The first-order valence-corrected chi connectivity index (χ1v) is 17.3. The molecule has 0 atom stereocenters. The van der Waals surface area contributed by atoms with Gasteiger partial charge in [-0.2, -0.15) is 0 Å².